The maximum absolute atomic E-state index is 2.67. The lowest BCUT2D eigenvalue weighted by atomic mass is 10.1. The molecule has 2 heteroatoms. The fourth-order valence-corrected chi connectivity index (χ4v) is 4.96. The third-order valence-electron chi connectivity index (χ3n) is 5.28. The highest BCUT2D eigenvalue weighted by atomic mass is 32.1. The molecule has 0 unspecified atom stereocenters. The van der Waals surface area contributed by atoms with Crippen molar-refractivity contribution in [3.8, 4) is 0 Å². The van der Waals surface area contributed by atoms with Gasteiger partial charge in [-0.25, -0.2) is 0 Å². The van der Waals surface area contributed by atoms with Gasteiger partial charge in [0.05, 0.1) is 0 Å². The first-order valence-corrected chi connectivity index (χ1v) is 11.3. The number of thiophene rings is 1. The Kier molecular flexibility index (Phi) is 7.37. The van der Waals surface area contributed by atoms with Crippen LogP contribution in [0.15, 0.2) is 42.5 Å². The van der Waals surface area contributed by atoms with Gasteiger partial charge < -0.3 is 4.90 Å². The highest BCUT2D eigenvalue weighted by Crippen LogP contribution is 2.39. The highest BCUT2D eigenvalue weighted by molar-refractivity contribution is 7.25. The largest absolute Gasteiger partial charge is 0.371 e. The summed E-state index contributed by atoms with van der Waals surface area (Å²) in [6.07, 6.45) is 10.6. The van der Waals surface area contributed by atoms with Crippen LogP contribution in [0.2, 0.25) is 0 Å². The van der Waals surface area contributed by atoms with Crippen LogP contribution in [-0.4, -0.2) is 13.1 Å². The number of fused-ring (bicyclic) bond motifs is 3. The molecule has 0 amide bonds. The Morgan fingerprint density at radius 2 is 1.35 bits per heavy atom. The average molecular weight is 368 g/mol. The molecule has 140 valence electrons. The Hall–Kier alpha value is -1.54. The van der Waals surface area contributed by atoms with Crippen molar-refractivity contribution >= 4 is 37.2 Å². The van der Waals surface area contributed by atoms with Crippen LogP contribution in [0.3, 0.4) is 0 Å². The number of anilines is 1. The molecule has 1 nitrogen and oxygen atoms in total. The summed E-state index contributed by atoms with van der Waals surface area (Å²) in [5, 5.41) is 2.90. The van der Waals surface area contributed by atoms with Crippen molar-refractivity contribution in [1.29, 1.82) is 0 Å². The van der Waals surface area contributed by atoms with E-state index < -0.39 is 0 Å². The molecule has 3 aromatic rings. The molecule has 0 fully saturated rings. The molecule has 1 heterocycles. The Morgan fingerprint density at radius 3 is 2.04 bits per heavy atom. The molecule has 0 N–H and O–H groups in total. The molecule has 26 heavy (non-hydrogen) atoms. The molecule has 0 saturated heterocycles. The summed E-state index contributed by atoms with van der Waals surface area (Å²) in [7, 11) is 0. The van der Waals surface area contributed by atoms with Crippen LogP contribution in [0.1, 0.15) is 65.2 Å². The van der Waals surface area contributed by atoms with Crippen LogP contribution in [0.25, 0.3) is 20.2 Å². The van der Waals surface area contributed by atoms with Gasteiger partial charge in [0.1, 0.15) is 0 Å². The third-order valence-corrected chi connectivity index (χ3v) is 6.42. The predicted octanol–water partition coefficient (Wildman–Crippen LogP) is 8.02. The van der Waals surface area contributed by atoms with Crippen molar-refractivity contribution in [3.63, 3.8) is 0 Å². The second kappa shape index (κ2) is 9.97. The zero-order valence-corrected chi connectivity index (χ0v) is 17.3. The lowest BCUT2D eigenvalue weighted by Crippen LogP contribution is -2.25. The van der Waals surface area contributed by atoms with Gasteiger partial charge in [-0.2, -0.15) is 0 Å². The van der Waals surface area contributed by atoms with Gasteiger partial charge in [0.25, 0.3) is 0 Å². The SMILES string of the molecule is CCCCCCN(CCCCCC)c1cccc2sc3ccccc3c12. The number of benzene rings is 2. The first-order valence-electron chi connectivity index (χ1n) is 10.5. The van der Waals surface area contributed by atoms with Gasteiger partial charge in [-0.3, -0.25) is 0 Å². The molecular formula is C24H33NS. The fourth-order valence-electron chi connectivity index (χ4n) is 3.83. The molecular weight excluding hydrogens is 334 g/mol. The topological polar surface area (TPSA) is 3.24 Å². The zero-order valence-electron chi connectivity index (χ0n) is 16.5. The van der Waals surface area contributed by atoms with Crippen LogP contribution < -0.4 is 4.90 Å². The minimum atomic E-state index is 1.19. The first kappa shape index (κ1) is 19.2. The standard InChI is InChI=1S/C24H33NS/c1-3-5-7-11-18-25(19-12-8-6-4-2)21-15-13-17-23-24(21)20-14-9-10-16-22(20)26-23/h9-10,13-17H,3-8,11-12,18-19H2,1-2H3. The fraction of sp³-hybridized carbons (Fsp3) is 0.500. The van der Waals surface area contributed by atoms with E-state index in [1.807, 2.05) is 11.3 Å². The Morgan fingerprint density at radius 1 is 0.692 bits per heavy atom. The maximum atomic E-state index is 2.67. The van der Waals surface area contributed by atoms with Crippen LogP contribution in [0.4, 0.5) is 5.69 Å². The van der Waals surface area contributed by atoms with Gasteiger partial charge in [0.2, 0.25) is 0 Å². The second-order valence-corrected chi connectivity index (χ2v) is 8.44. The molecule has 0 aliphatic carbocycles. The van der Waals surface area contributed by atoms with Crippen molar-refractivity contribution in [2.45, 2.75) is 65.2 Å². The maximum Gasteiger partial charge on any atom is 0.0460 e. The number of hydrogen-bond donors (Lipinski definition) is 0. The molecule has 0 atom stereocenters. The summed E-state index contributed by atoms with van der Waals surface area (Å²) in [4.78, 5) is 2.67. The number of unbranched alkanes of at least 4 members (excludes halogenated alkanes) is 6. The number of nitrogens with zero attached hydrogens (tertiary/aromatic N) is 1. The average Bonchev–Trinajstić information content (AvgIpc) is 3.05. The van der Waals surface area contributed by atoms with Crippen molar-refractivity contribution < 1.29 is 0 Å². The smallest absolute Gasteiger partial charge is 0.0460 e. The summed E-state index contributed by atoms with van der Waals surface area (Å²) in [5.74, 6) is 0. The van der Waals surface area contributed by atoms with Crippen molar-refractivity contribution in [1.82, 2.24) is 0 Å². The minimum absolute atomic E-state index is 1.19. The van der Waals surface area contributed by atoms with Gasteiger partial charge in [0, 0.05) is 38.9 Å². The molecule has 0 aliphatic heterocycles. The van der Waals surface area contributed by atoms with E-state index in [1.165, 1.54) is 90.3 Å². The van der Waals surface area contributed by atoms with E-state index in [-0.39, 0.29) is 0 Å². The van der Waals surface area contributed by atoms with E-state index in [1.54, 1.807) is 0 Å². The summed E-state index contributed by atoms with van der Waals surface area (Å²) in [6.45, 7) is 6.96. The molecule has 0 aliphatic rings. The predicted molar refractivity (Wildman–Crippen MR) is 120 cm³/mol. The monoisotopic (exact) mass is 367 g/mol. The highest BCUT2D eigenvalue weighted by Gasteiger charge is 2.14. The van der Waals surface area contributed by atoms with Crippen LogP contribution >= 0.6 is 11.3 Å². The number of rotatable bonds is 11. The van der Waals surface area contributed by atoms with E-state index in [2.05, 4.69) is 61.2 Å². The number of hydrogen-bond acceptors (Lipinski definition) is 2. The molecule has 0 bridgehead atoms. The van der Waals surface area contributed by atoms with Gasteiger partial charge in [-0.15, -0.1) is 11.3 Å². The van der Waals surface area contributed by atoms with Crippen molar-refractivity contribution in [2.24, 2.45) is 0 Å². The summed E-state index contributed by atoms with van der Waals surface area (Å²) >= 11 is 1.93. The summed E-state index contributed by atoms with van der Waals surface area (Å²) in [6, 6.07) is 15.8. The Labute approximate surface area is 163 Å². The Balaban J connectivity index is 1.88. The van der Waals surface area contributed by atoms with E-state index >= 15 is 0 Å². The molecule has 0 saturated carbocycles. The van der Waals surface area contributed by atoms with Crippen molar-refractivity contribution in [2.75, 3.05) is 18.0 Å². The quantitative estimate of drug-likeness (QED) is 0.310. The van der Waals surface area contributed by atoms with E-state index in [4.69, 9.17) is 0 Å². The van der Waals surface area contributed by atoms with E-state index in [0.29, 0.717) is 0 Å². The first-order chi connectivity index (χ1) is 12.8. The van der Waals surface area contributed by atoms with Crippen LogP contribution in [0.5, 0.6) is 0 Å². The van der Waals surface area contributed by atoms with E-state index in [0.717, 1.165) is 0 Å². The third kappa shape index (κ3) is 4.59. The van der Waals surface area contributed by atoms with Crippen molar-refractivity contribution in [3.05, 3.63) is 42.5 Å². The normalized spacial score (nSPS) is 11.5. The molecule has 2 aromatic carbocycles. The second-order valence-electron chi connectivity index (χ2n) is 7.36. The van der Waals surface area contributed by atoms with Gasteiger partial charge >= 0.3 is 0 Å². The van der Waals surface area contributed by atoms with Gasteiger partial charge in [0.15, 0.2) is 0 Å². The molecule has 0 radical (unpaired) electrons. The van der Waals surface area contributed by atoms with Gasteiger partial charge in [-0.1, -0.05) is 76.6 Å². The van der Waals surface area contributed by atoms with Crippen LogP contribution in [0, 0.1) is 0 Å². The van der Waals surface area contributed by atoms with Gasteiger partial charge in [-0.05, 0) is 31.0 Å². The van der Waals surface area contributed by atoms with Crippen LogP contribution in [-0.2, 0) is 0 Å². The lowest BCUT2D eigenvalue weighted by Gasteiger charge is -2.26. The Bertz CT molecular complexity index is 792. The van der Waals surface area contributed by atoms with E-state index in [9.17, 15) is 0 Å². The molecule has 1 aromatic heterocycles. The summed E-state index contributed by atoms with van der Waals surface area (Å²) < 4.78 is 2.84. The molecule has 0 spiro atoms. The zero-order chi connectivity index (χ0) is 18.2. The molecule has 3 rings (SSSR count). The summed E-state index contributed by atoms with van der Waals surface area (Å²) in [5.41, 5.74) is 1.45. The lowest BCUT2D eigenvalue weighted by molar-refractivity contribution is 0.610. The minimum Gasteiger partial charge on any atom is -0.371 e.